The van der Waals surface area contributed by atoms with Crippen molar-refractivity contribution in [1.29, 1.82) is 0 Å². The zero-order valence-corrected chi connectivity index (χ0v) is 14.4. The molecule has 0 unspecified atom stereocenters. The molecule has 1 aliphatic carbocycles. The van der Waals surface area contributed by atoms with E-state index in [9.17, 15) is 0 Å². The van der Waals surface area contributed by atoms with Gasteiger partial charge >= 0.3 is 0 Å². The van der Waals surface area contributed by atoms with E-state index in [1.165, 1.54) is 29.5 Å². The molecule has 2 aromatic heterocycles. The molecule has 2 heterocycles. The highest BCUT2D eigenvalue weighted by Crippen LogP contribution is 2.40. The maximum atomic E-state index is 5.98. The third kappa shape index (κ3) is 2.83. The number of nitrogens with zero attached hydrogens (tertiary/aromatic N) is 2. The minimum absolute atomic E-state index is 0.739. The van der Waals surface area contributed by atoms with Crippen LogP contribution in [0, 0.1) is 5.92 Å². The highest BCUT2D eigenvalue weighted by Gasteiger charge is 2.24. The summed E-state index contributed by atoms with van der Waals surface area (Å²) in [5, 5.41) is 5.41. The maximum Gasteiger partial charge on any atom is 0.0933 e. The smallest absolute Gasteiger partial charge is 0.0933 e. The second-order valence-electron chi connectivity index (χ2n) is 6.51. The zero-order chi connectivity index (χ0) is 16.8. The minimum atomic E-state index is 0.739. The Bertz CT molecular complexity index is 1060. The van der Waals surface area contributed by atoms with Crippen molar-refractivity contribution in [2.24, 2.45) is 0 Å². The molecule has 1 aliphatic rings. The van der Waals surface area contributed by atoms with Gasteiger partial charge in [-0.15, -0.1) is 0 Å². The van der Waals surface area contributed by atoms with Gasteiger partial charge in [-0.2, -0.15) is 5.10 Å². The quantitative estimate of drug-likeness (QED) is 0.443. The van der Waals surface area contributed by atoms with Crippen molar-refractivity contribution in [2.75, 3.05) is 0 Å². The third-order valence-electron chi connectivity index (χ3n) is 4.71. The molecular weight excluding hydrogens is 328 g/mol. The number of hydrogen-bond acceptors (Lipinski definition) is 1. The summed E-state index contributed by atoms with van der Waals surface area (Å²) in [6, 6.07) is 23.1. The molecule has 0 bridgehead atoms. The highest BCUT2D eigenvalue weighted by molar-refractivity contribution is 6.30. The fraction of sp³-hybridized carbons (Fsp3) is 0.0909. The van der Waals surface area contributed by atoms with Crippen molar-refractivity contribution in [2.45, 2.75) is 12.8 Å². The van der Waals surface area contributed by atoms with E-state index in [1.807, 2.05) is 35.0 Å². The molecule has 0 spiro atoms. The van der Waals surface area contributed by atoms with Gasteiger partial charge in [-0.05, 0) is 59.9 Å². The topological polar surface area (TPSA) is 17.3 Å². The molecule has 0 saturated heterocycles. The van der Waals surface area contributed by atoms with Crippen LogP contribution in [0.3, 0.4) is 0 Å². The Kier molecular flexibility index (Phi) is 3.39. The van der Waals surface area contributed by atoms with E-state index in [-0.39, 0.29) is 0 Å². The second kappa shape index (κ2) is 5.75. The number of rotatable bonds is 3. The molecule has 25 heavy (non-hydrogen) atoms. The molecule has 1 fully saturated rings. The first-order valence-corrected chi connectivity index (χ1v) is 8.85. The molecule has 3 heteroatoms. The van der Waals surface area contributed by atoms with Crippen molar-refractivity contribution >= 4 is 17.1 Å². The van der Waals surface area contributed by atoms with Gasteiger partial charge in [0.15, 0.2) is 0 Å². The molecule has 1 radical (unpaired) electrons. The maximum absolute atomic E-state index is 5.98. The van der Waals surface area contributed by atoms with Crippen LogP contribution in [0.2, 0.25) is 5.02 Å². The lowest BCUT2D eigenvalue weighted by Crippen LogP contribution is -1.88. The number of pyridine rings is 1. The van der Waals surface area contributed by atoms with Gasteiger partial charge < -0.3 is 0 Å². The third-order valence-corrected chi connectivity index (χ3v) is 4.96. The molecule has 0 atom stereocenters. The van der Waals surface area contributed by atoms with Gasteiger partial charge in [-0.25, -0.2) is 4.52 Å². The molecule has 0 N–H and O–H groups in total. The largest absolute Gasteiger partial charge is 0.240 e. The van der Waals surface area contributed by atoms with Crippen molar-refractivity contribution in [3.63, 3.8) is 0 Å². The van der Waals surface area contributed by atoms with Crippen molar-refractivity contribution in [3.8, 4) is 22.4 Å². The molecule has 0 amide bonds. The van der Waals surface area contributed by atoms with Crippen LogP contribution < -0.4 is 0 Å². The summed E-state index contributed by atoms with van der Waals surface area (Å²) < 4.78 is 1.92. The number of hydrogen-bond donors (Lipinski definition) is 0. The molecule has 121 valence electrons. The number of fused-ring (bicyclic) bond motifs is 1. The van der Waals surface area contributed by atoms with E-state index in [0.717, 1.165) is 21.8 Å². The molecular formula is C22H16ClN2. The summed E-state index contributed by atoms with van der Waals surface area (Å²) in [7, 11) is 0. The van der Waals surface area contributed by atoms with E-state index in [4.69, 9.17) is 11.6 Å². The van der Waals surface area contributed by atoms with E-state index in [0.29, 0.717) is 0 Å². The predicted octanol–water partition coefficient (Wildman–Crippen LogP) is 6.04. The number of aromatic nitrogens is 2. The summed E-state index contributed by atoms with van der Waals surface area (Å²) in [6.07, 6.45) is 4.52. The number of benzene rings is 2. The van der Waals surface area contributed by atoms with Gasteiger partial charge in [0.1, 0.15) is 0 Å². The Morgan fingerprint density at radius 2 is 1.52 bits per heavy atom. The summed E-state index contributed by atoms with van der Waals surface area (Å²) in [5.41, 5.74) is 6.98. The Morgan fingerprint density at radius 3 is 2.32 bits per heavy atom. The molecule has 0 aliphatic heterocycles. The van der Waals surface area contributed by atoms with Crippen LogP contribution in [0.15, 0.2) is 72.9 Å². The van der Waals surface area contributed by atoms with Gasteiger partial charge in [0, 0.05) is 22.7 Å². The van der Waals surface area contributed by atoms with Crippen LogP contribution in [-0.2, 0) is 0 Å². The lowest BCUT2D eigenvalue weighted by atomic mass is 10.0. The average Bonchev–Trinajstić information content (AvgIpc) is 3.41. The lowest BCUT2D eigenvalue weighted by molar-refractivity contribution is 0.966. The average molecular weight is 344 g/mol. The lowest BCUT2D eigenvalue weighted by Gasteiger charge is -2.05. The van der Waals surface area contributed by atoms with Crippen LogP contribution in [0.1, 0.15) is 18.4 Å². The monoisotopic (exact) mass is 343 g/mol. The number of halogens is 1. The first-order chi connectivity index (χ1) is 12.3. The van der Waals surface area contributed by atoms with Crippen LogP contribution in [0.25, 0.3) is 27.9 Å². The van der Waals surface area contributed by atoms with E-state index >= 15 is 0 Å². The second-order valence-corrected chi connectivity index (χ2v) is 6.94. The van der Waals surface area contributed by atoms with Crippen molar-refractivity contribution < 1.29 is 0 Å². The highest BCUT2D eigenvalue weighted by atomic mass is 35.5. The summed E-state index contributed by atoms with van der Waals surface area (Å²) in [4.78, 5) is 0. The zero-order valence-electron chi connectivity index (χ0n) is 13.6. The standard InChI is InChI=1S/C22H16ClN2/c23-20-8-6-16(7-9-20)22-14-21-13-19(10-11-25(21)24-22)18-3-1-2-17(12-18)15-4-5-15/h1-3,6-14H,4-5H2. The fourth-order valence-corrected chi connectivity index (χ4v) is 3.33. The first kappa shape index (κ1) is 14.7. The van der Waals surface area contributed by atoms with Gasteiger partial charge in [-0.3, -0.25) is 0 Å². The summed E-state index contributed by atoms with van der Waals surface area (Å²) >= 11 is 5.98. The van der Waals surface area contributed by atoms with Crippen LogP contribution >= 0.6 is 11.6 Å². The van der Waals surface area contributed by atoms with Crippen molar-refractivity contribution in [1.82, 2.24) is 9.61 Å². The van der Waals surface area contributed by atoms with Gasteiger partial charge in [0.05, 0.1) is 11.2 Å². The van der Waals surface area contributed by atoms with E-state index in [2.05, 4.69) is 47.6 Å². The summed E-state index contributed by atoms with van der Waals surface area (Å²) in [6.45, 7) is 0. The van der Waals surface area contributed by atoms with Crippen molar-refractivity contribution in [3.05, 3.63) is 89.4 Å². The molecule has 2 nitrogen and oxygen atoms in total. The van der Waals surface area contributed by atoms with Gasteiger partial charge in [-0.1, -0.05) is 48.0 Å². The first-order valence-electron chi connectivity index (χ1n) is 8.47. The fourth-order valence-electron chi connectivity index (χ4n) is 3.21. The Hall–Kier alpha value is -2.58. The molecule has 1 saturated carbocycles. The molecule has 4 aromatic rings. The van der Waals surface area contributed by atoms with E-state index < -0.39 is 0 Å². The van der Waals surface area contributed by atoms with Crippen LogP contribution in [0.5, 0.6) is 0 Å². The van der Waals surface area contributed by atoms with Crippen LogP contribution in [-0.4, -0.2) is 9.61 Å². The summed E-state index contributed by atoms with van der Waals surface area (Å²) in [5.74, 6) is 1.57. The van der Waals surface area contributed by atoms with Gasteiger partial charge in [0.25, 0.3) is 0 Å². The van der Waals surface area contributed by atoms with E-state index in [1.54, 1.807) is 5.92 Å². The minimum Gasteiger partial charge on any atom is -0.240 e. The SMILES string of the molecule is Clc1ccc(-c2cc3cc(-c4cccc([C]5CC5)c4)ccn3n2)cc1. The molecule has 5 rings (SSSR count). The van der Waals surface area contributed by atoms with Crippen LogP contribution in [0.4, 0.5) is 0 Å². The molecule has 2 aromatic carbocycles. The Labute approximate surface area is 151 Å². The predicted molar refractivity (Wildman–Crippen MR) is 103 cm³/mol. The Balaban J connectivity index is 1.55. The Morgan fingerprint density at radius 1 is 0.760 bits per heavy atom. The normalized spacial score (nSPS) is 14.1. The van der Waals surface area contributed by atoms with Gasteiger partial charge in [0.2, 0.25) is 0 Å².